The molecule has 0 radical (unpaired) electrons. The van der Waals surface area contributed by atoms with Crippen molar-refractivity contribution in [1.29, 1.82) is 0 Å². The van der Waals surface area contributed by atoms with Crippen LogP contribution >= 0.6 is 0 Å². The van der Waals surface area contributed by atoms with E-state index in [4.69, 9.17) is 9.47 Å². The molecule has 148 valence electrons. The fraction of sp³-hybridized carbons (Fsp3) is 0.474. The van der Waals surface area contributed by atoms with Crippen molar-refractivity contribution in [2.24, 2.45) is 0 Å². The van der Waals surface area contributed by atoms with Crippen LogP contribution in [0.5, 0.6) is 11.6 Å². The lowest BCUT2D eigenvalue weighted by Gasteiger charge is -2.20. The Kier molecular flexibility index (Phi) is 7.27. The third-order valence-electron chi connectivity index (χ3n) is 3.85. The Morgan fingerprint density at radius 3 is 2.56 bits per heavy atom. The molecule has 0 saturated carbocycles. The van der Waals surface area contributed by atoms with Gasteiger partial charge in [-0.2, -0.15) is 18.2 Å². The molecule has 0 unspecified atom stereocenters. The lowest BCUT2D eigenvalue weighted by molar-refractivity contribution is -0.139. The normalized spacial score (nSPS) is 11.3. The van der Waals surface area contributed by atoms with Crippen LogP contribution in [0.15, 0.2) is 30.5 Å². The Morgan fingerprint density at radius 1 is 1.11 bits per heavy atom. The van der Waals surface area contributed by atoms with Gasteiger partial charge in [0.1, 0.15) is 11.3 Å². The van der Waals surface area contributed by atoms with E-state index in [2.05, 4.69) is 9.97 Å². The van der Waals surface area contributed by atoms with E-state index in [1.807, 2.05) is 13.8 Å². The Bertz CT molecular complexity index is 738. The Hall–Kier alpha value is -2.51. The summed E-state index contributed by atoms with van der Waals surface area (Å²) < 4.78 is 50.5. The SMILES string of the molecule is CCCCCOc1nc(N(C)c2cccc(OCC)c2)ncc1C(F)(F)F. The van der Waals surface area contributed by atoms with Gasteiger partial charge < -0.3 is 14.4 Å². The smallest absolute Gasteiger partial charge is 0.423 e. The summed E-state index contributed by atoms with van der Waals surface area (Å²) >= 11 is 0. The van der Waals surface area contributed by atoms with Gasteiger partial charge in [0, 0.05) is 25.0 Å². The van der Waals surface area contributed by atoms with Crippen LogP contribution in [0, 0.1) is 0 Å². The van der Waals surface area contributed by atoms with Gasteiger partial charge in [-0.3, -0.25) is 0 Å². The maximum atomic E-state index is 13.2. The van der Waals surface area contributed by atoms with Crippen molar-refractivity contribution in [2.75, 3.05) is 25.2 Å². The average Bonchev–Trinajstić information content (AvgIpc) is 2.64. The molecule has 0 aliphatic rings. The first kappa shape index (κ1) is 20.8. The third-order valence-corrected chi connectivity index (χ3v) is 3.85. The second kappa shape index (κ2) is 9.43. The van der Waals surface area contributed by atoms with Crippen LogP contribution in [-0.2, 0) is 6.18 Å². The van der Waals surface area contributed by atoms with Crippen LogP contribution in [0.1, 0.15) is 38.7 Å². The molecule has 8 heteroatoms. The zero-order valence-electron chi connectivity index (χ0n) is 15.7. The molecule has 0 aliphatic carbocycles. The van der Waals surface area contributed by atoms with Gasteiger partial charge in [0.05, 0.1) is 13.2 Å². The highest BCUT2D eigenvalue weighted by atomic mass is 19.4. The maximum Gasteiger partial charge on any atom is 0.423 e. The lowest BCUT2D eigenvalue weighted by atomic mass is 10.2. The molecule has 0 amide bonds. The summed E-state index contributed by atoms with van der Waals surface area (Å²) in [6, 6.07) is 7.16. The molecule has 0 N–H and O–H groups in total. The van der Waals surface area contributed by atoms with E-state index in [1.165, 1.54) is 0 Å². The molecule has 2 rings (SSSR count). The molecule has 0 spiro atoms. The average molecular weight is 383 g/mol. The maximum absolute atomic E-state index is 13.2. The minimum atomic E-state index is -4.58. The van der Waals surface area contributed by atoms with Crippen molar-refractivity contribution < 1.29 is 22.6 Å². The molecule has 0 fully saturated rings. The second-order valence-corrected chi connectivity index (χ2v) is 5.93. The van der Waals surface area contributed by atoms with Crippen LogP contribution in [0.2, 0.25) is 0 Å². The van der Waals surface area contributed by atoms with Crippen molar-refractivity contribution in [3.63, 3.8) is 0 Å². The fourth-order valence-electron chi connectivity index (χ4n) is 2.41. The number of ether oxygens (including phenoxy) is 2. The largest absolute Gasteiger partial charge is 0.494 e. The van der Waals surface area contributed by atoms with E-state index in [1.54, 1.807) is 36.2 Å². The molecule has 5 nitrogen and oxygen atoms in total. The number of halogens is 3. The number of hydrogen-bond acceptors (Lipinski definition) is 5. The molecular formula is C19H24F3N3O2. The number of benzene rings is 1. The summed E-state index contributed by atoms with van der Waals surface area (Å²) in [5.74, 6) is 0.323. The van der Waals surface area contributed by atoms with Gasteiger partial charge >= 0.3 is 6.18 Å². The van der Waals surface area contributed by atoms with E-state index in [0.717, 1.165) is 19.0 Å². The van der Waals surface area contributed by atoms with Gasteiger partial charge in [0.15, 0.2) is 0 Å². The minimum Gasteiger partial charge on any atom is -0.494 e. The van der Waals surface area contributed by atoms with Crippen molar-refractivity contribution in [1.82, 2.24) is 9.97 Å². The molecular weight excluding hydrogens is 359 g/mol. The number of unbranched alkanes of at least 4 members (excludes halogenated alkanes) is 2. The second-order valence-electron chi connectivity index (χ2n) is 5.93. The van der Waals surface area contributed by atoms with Gasteiger partial charge in [-0.15, -0.1) is 0 Å². The van der Waals surface area contributed by atoms with Crippen molar-refractivity contribution >= 4 is 11.6 Å². The summed E-state index contributed by atoms with van der Waals surface area (Å²) in [7, 11) is 1.68. The van der Waals surface area contributed by atoms with Crippen LogP contribution in [0.3, 0.4) is 0 Å². The van der Waals surface area contributed by atoms with E-state index < -0.39 is 17.6 Å². The van der Waals surface area contributed by atoms with Gasteiger partial charge in [0.2, 0.25) is 11.8 Å². The fourth-order valence-corrected chi connectivity index (χ4v) is 2.41. The quantitative estimate of drug-likeness (QED) is 0.555. The predicted octanol–water partition coefficient (Wildman–Crippen LogP) is 5.23. The topological polar surface area (TPSA) is 47.5 Å². The summed E-state index contributed by atoms with van der Waals surface area (Å²) in [4.78, 5) is 9.48. The highest BCUT2D eigenvalue weighted by molar-refractivity contribution is 5.59. The third kappa shape index (κ3) is 5.74. The molecule has 0 bridgehead atoms. The number of anilines is 2. The Balaban J connectivity index is 2.29. The highest BCUT2D eigenvalue weighted by Gasteiger charge is 2.36. The molecule has 1 aromatic carbocycles. The highest BCUT2D eigenvalue weighted by Crippen LogP contribution is 2.36. The van der Waals surface area contributed by atoms with Crippen LogP contribution in [0.25, 0.3) is 0 Å². The number of aromatic nitrogens is 2. The van der Waals surface area contributed by atoms with E-state index >= 15 is 0 Å². The molecule has 27 heavy (non-hydrogen) atoms. The molecule has 1 aromatic heterocycles. The first-order chi connectivity index (χ1) is 12.9. The number of alkyl halides is 3. The molecule has 0 atom stereocenters. The first-order valence-corrected chi connectivity index (χ1v) is 8.90. The minimum absolute atomic E-state index is 0.113. The zero-order valence-corrected chi connectivity index (χ0v) is 15.7. The lowest BCUT2D eigenvalue weighted by Crippen LogP contribution is -2.17. The Morgan fingerprint density at radius 2 is 1.89 bits per heavy atom. The summed E-state index contributed by atoms with van der Waals surface area (Å²) in [5, 5.41) is 0. The van der Waals surface area contributed by atoms with Crippen LogP contribution < -0.4 is 14.4 Å². The summed E-state index contributed by atoms with van der Waals surface area (Å²) in [6.45, 7) is 4.57. The van der Waals surface area contributed by atoms with Gasteiger partial charge in [0.25, 0.3) is 0 Å². The molecule has 2 aromatic rings. The van der Waals surface area contributed by atoms with Crippen LogP contribution in [0.4, 0.5) is 24.8 Å². The van der Waals surface area contributed by atoms with Crippen LogP contribution in [-0.4, -0.2) is 30.2 Å². The number of rotatable bonds is 9. The molecule has 1 heterocycles. The summed E-state index contributed by atoms with van der Waals surface area (Å²) in [5.41, 5.74) is -0.281. The summed E-state index contributed by atoms with van der Waals surface area (Å²) in [6.07, 6.45) is -1.32. The van der Waals surface area contributed by atoms with Gasteiger partial charge in [-0.1, -0.05) is 25.8 Å². The van der Waals surface area contributed by atoms with E-state index in [-0.39, 0.29) is 12.6 Å². The van der Waals surface area contributed by atoms with Crippen molar-refractivity contribution in [3.8, 4) is 11.6 Å². The molecule has 0 aliphatic heterocycles. The van der Waals surface area contributed by atoms with Crippen molar-refractivity contribution in [3.05, 3.63) is 36.0 Å². The van der Waals surface area contributed by atoms with Gasteiger partial charge in [-0.25, -0.2) is 4.98 Å². The van der Waals surface area contributed by atoms with Gasteiger partial charge in [-0.05, 0) is 25.5 Å². The first-order valence-electron chi connectivity index (χ1n) is 8.90. The predicted molar refractivity (Wildman–Crippen MR) is 97.7 cm³/mol. The number of nitrogens with zero attached hydrogens (tertiary/aromatic N) is 3. The Labute approximate surface area is 157 Å². The van der Waals surface area contributed by atoms with E-state index in [0.29, 0.717) is 24.5 Å². The van der Waals surface area contributed by atoms with E-state index in [9.17, 15) is 13.2 Å². The van der Waals surface area contributed by atoms with Crippen molar-refractivity contribution in [2.45, 2.75) is 39.3 Å². The standard InChI is InChI=1S/C19H24F3N3O2/c1-4-6-7-11-27-17-16(19(20,21)22)13-23-18(24-17)25(3)14-9-8-10-15(12-14)26-5-2/h8-10,12-13H,4-7,11H2,1-3H3. The zero-order chi connectivity index (χ0) is 19.9. The monoisotopic (exact) mass is 383 g/mol. The molecule has 0 saturated heterocycles. The number of hydrogen-bond donors (Lipinski definition) is 0.